The van der Waals surface area contributed by atoms with Gasteiger partial charge in [-0.25, -0.2) is 9.97 Å². The van der Waals surface area contributed by atoms with E-state index in [1.807, 2.05) is 59.3 Å². The Labute approximate surface area is 166 Å². The van der Waals surface area contributed by atoms with E-state index in [1.165, 1.54) is 0 Å². The fourth-order valence-corrected chi connectivity index (χ4v) is 3.11. The predicted molar refractivity (Wildman–Crippen MR) is 110 cm³/mol. The number of rotatable bonds is 5. The third kappa shape index (κ3) is 3.53. The van der Waals surface area contributed by atoms with Crippen LogP contribution in [0.15, 0.2) is 79.1 Å². The maximum atomic E-state index is 12.5. The second kappa shape index (κ2) is 7.12. The molecule has 1 amide bonds. The van der Waals surface area contributed by atoms with Crippen molar-refractivity contribution in [3.8, 4) is 5.75 Å². The smallest absolute Gasteiger partial charge is 0.257 e. The summed E-state index contributed by atoms with van der Waals surface area (Å²) in [5.74, 6) is 0.849. The van der Waals surface area contributed by atoms with E-state index in [0.717, 1.165) is 22.4 Å². The van der Waals surface area contributed by atoms with Gasteiger partial charge in [-0.1, -0.05) is 18.2 Å². The zero-order valence-corrected chi connectivity index (χ0v) is 15.4. The van der Waals surface area contributed by atoms with Crippen molar-refractivity contribution in [3.05, 3.63) is 90.4 Å². The molecule has 3 heterocycles. The number of imidazole rings is 2. The van der Waals surface area contributed by atoms with Crippen molar-refractivity contribution in [2.75, 3.05) is 5.32 Å². The van der Waals surface area contributed by atoms with Gasteiger partial charge in [-0.15, -0.1) is 0 Å². The van der Waals surface area contributed by atoms with Crippen molar-refractivity contribution in [3.63, 3.8) is 0 Å². The van der Waals surface area contributed by atoms with Gasteiger partial charge in [0.05, 0.1) is 16.7 Å². The number of carbonyl (C=O) groups excluding carboxylic acids is 1. The number of anilines is 1. The molecule has 3 aromatic heterocycles. The Balaban J connectivity index is 1.23. The summed E-state index contributed by atoms with van der Waals surface area (Å²) in [6.07, 6.45) is 3.88. The number of hydrogen-bond donors (Lipinski definition) is 2. The highest BCUT2D eigenvalue weighted by atomic mass is 16.5. The molecule has 7 heteroatoms. The van der Waals surface area contributed by atoms with Crippen molar-refractivity contribution in [2.24, 2.45) is 0 Å². The lowest BCUT2D eigenvalue weighted by atomic mass is 10.2. The zero-order valence-electron chi connectivity index (χ0n) is 15.4. The molecule has 5 aromatic rings. The van der Waals surface area contributed by atoms with Gasteiger partial charge in [0.25, 0.3) is 5.91 Å². The SMILES string of the molecule is O=C(Nc1nc2ccccc2[nH]1)c1ccc(OCc2cn3ccccc3n2)cc1. The molecule has 142 valence electrons. The molecule has 0 bridgehead atoms. The number of para-hydroxylation sites is 2. The third-order valence-corrected chi connectivity index (χ3v) is 4.54. The Kier molecular flexibility index (Phi) is 4.18. The van der Waals surface area contributed by atoms with Crippen LogP contribution < -0.4 is 10.1 Å². The highest BCUT2D eigenvalue weighted by Gasteiger charge is 2.10. The van der Waals surface area contributed by atoms with Crippen LogP contribution >= 0.6 is 0 Å². The summed E-state index contributed by atoms with van der Waals surface area (Å²) < 4.78 is 7.74. The zero-order chi connectivity index (χ0) is 19.6. The van der Waals surface area contributed by atoms with E-state index in [-0.39, 0.29) is 5.91 Å². The fourth-order valence-electron chi connectivity index (χ4n) is 3.11. The summed E-state index contributed by atoms with van der Waals surface area (Å²) in [6, 6.07) is 20.4. The monoisotopic (exact) mass is 383 g/mol. The first-order valence-corrected chi connectivity index (χ1v) is 9.16. The van der Waals surface area contributed by atoms with Crippen LogP contribution in [0.5, 0.6) is 5.75 Å². The number of amides is 1. The topological polar surface area (TPSA) is 84.3 Å². The second-order valence-electron chi connectivity index (χ2n) is 6.57. The van der Waals surface area contributed by atoms with E-state index in [9.17, 15) is 4.79 Å². The minimum absolute atomic E-state index is 0.240. The fraction of sp³-hybridized carbons (Fsp3) is 0.0455. The molecule has 2 N–H and O–H groups in total. The van der Waals surface area contributed by atoms with Crippen molar-refractivity contribution in [2.45, 2.75) is 6.61 Å². The van der Waals surface area contributed by atoms with Crippen LogP contribution in [0.1, 0.15) is 16.1 Å². The number of nitrogens with one attached hydrogen (secondary N) is 2. The Morgan fingerprint density at radius 3 is 2.66 bits per heavy atom. The van der Waals surface area contributed by atoms with E-state index >= 15 is 0 Å². The largest absolute Gasteiger partial charge is 0.487 e. The van der Waals surface area contributed by atoms with E-state index in [4.69, 9.17) is 4.74 Å². The average Bonchev–Trinajstić information content (AvgIpc) is 3.35. The van der Waals surface area contributed by atoms with Crippen LogP contribution in [0, 0.1) is 0 Å². The van der Waals surface area contributed by atoms with Gasteiger partial charge in [-0.3, -0.25) is 10.1 Å². The molecule has 0 aliphatic heterocycles. The molecule has 5 rings (SSSR count). The first kappa shape index (κ1) is 17.0. The summed E-state index contributed by atoms with van der Waals surface area (Å²) in [5, 5.41) is 2.78. The molecule has 0 radical (unpaired) electrons. The lowest BCUT2D eigenvalue weighted by molar-refractivity contribution is 0.102. The van der Waals surface area contributed by atoms with Crippen LogP contribution in [0.2, 0.25) is 0 Å². The van der Waals surface area contributed by atoms with Crippen LogP contribution in [-0.2, 0) is 6.61 Å². The minimum Gasteiger partial charge on any atom is -0.487 e. The van der Waals surface area contributed by atoms with Gasteiger partial charge in [0, 0.05) is 18.0 Å². The molecule has 0 saturated carbocycles. The number of fused-ring (bicyclic) bond motifs is 2. The summed E-state index contributed by atoms with van der Waals surface area (Å²) in [6.45, 7) is 0.353. The number of ether oxygens (including phenoxy) is 1. The van der Waals surface area contributed by atoms with Crippen molar-refractivity contribution < 1.29 is 9.53 Å². The Morgan fingerprint density at radius 1 is 1.00 bits per heavy atom. The number of benzene rings is 2. The Bertz CT molecular complexity index is 1240. The number of aromatic amines is 1. The van der Waals surface area contributed by atoms with Crippen molar-refractivity contribution in [1.82, 2.24) is 19.4 Å². The van der Waals surface area contributed by atoms with Gasteiger partial charge in [-0.05, 0) is 48.5 Å². The van der Waals surface area contributed by atoms with Crippen LogP contribution in [0.25, 0.3) is 16.7 Å². The molecule has 2 aromatic carbocycles. The number of pyridine rings is 1. The summed E-state index contributed by atoms with van der Waals surface area (Å²) in [5.41, 5.74) is 3.91. The van der Waals surface area contributed by atoms with Gasteiger partial charge in [0.2, 0.25) is 5.95 Å². The highest BCUT2D eigenvalue weighted by Crippen LogP contribution is 2.17. The van der Waals surface area contributed by atoms with Crippen LogP contribution in [0.3, 0.4) is 0 Å². The van der Waals surface area contributed by atoms with Gasteiger partial charge in [-0.2, -0.15) is 0 Å². The lowest BCUT2D eigenvalue weighted by Gasteiger charge is -2.06. The molecule has 29 heavy (non-hydrogen) atoms. The number of H-pyrrole nitrogens is 1. The van der Waals surface area contributed by atoms with E-state index in [1.54, 1.807) is 24.3 Å². The molecular formula is C22H17N5O2. The quantitative estimate of drug-likeness (QED) is 0.480. The first-order valence-electron chi connectivity index (χ1n) is 9.16. The summed E-state index contributed by atoms with van der Waals surface area (Å²) >= 11 is 0. The maximum Gasteiger partial charge on any atom is 0.257 e. The molecule has 0 atom stereocenters. The maximum absolute atomic E-state index is 12.5. The van der Waals surface area contributed by atoms with E-state index < -0.39 is 0 Å². The standard InChI is InChI=1S/C22H17N5O2/c28-21(26-22-24-18-5-1-2-6-19(18)25-22)15-8-10-17(11-9-15)29-14-16-13-27-12-4-3-7-20(27)23-16/h1-13H,14H2,(H2,24,25,26,28). The summed E-state index contributed by atoms with van der Waals surface area (Å²) in [4.78, 5) is 24.4. The van der Waals surface area contributed by atoms with Gasteiger partial charge < -0.3 is 14.1 Å². The Hall–Kier alpha value is -4.13. The minimum atomic E-state index is -0.240. The molecule has 7 nitrogen and oxygen atoms in total. The molecule has 0 spiro atoms. The molecule has 0 saturated heterocycles. The summed E-state index contributed by atoms with van der Waals surface area (Å²) in [7, 11) is 0. The predicted octanol–water partition coefficient (Wildman–Crippen LogP) is 4.04. The number of nitrogens with zero attached hydrogens (tertiary/aromatic N) is 3. The van der Waals surface area contributed by atoms with Gasteiger partial charge in [0.1, 0.15) is 18.0 Å². The molecule has 0 aliphatic rings. The van der Waals surface area contributed by atoms with Gasteiger partial charge in [0.15, 0.2) is 0 Å². The molecule has 0 unspecified atom stereocenters. The number of aromatic nitrogens is 4. The second-order valence-corrected chi connectivity index (χ2v) is 6.57. The van der Waals surface area contributed by atoms with Crippen molar-refractivity contribution in [1.29, 1.82) is 0 Å². The first-order chi connectivity index (χ1) is 14.2. The average molecular weight is 383 g/mol. The molecule has 0 aliphatic carbocycles. The van der Waals surface area contributed by atoms with Crippen LogP contribution in [-0.4, -0.2) is 25.3 Å². The molecule has 0 fully saturated rings. The van der Waals surface area contributed by atoms with Crippen LogP contribution in [0.4, 0.5) is 5.95 Å². The number of hydrogen-bond acceptors (Lipinski definition) is 4. The Morgan fingerprint density at radius 2 is 1.83 bits per heavy atom. The highest BCUT2D eigenvalue weighted by molar-refractivity contribution is 6.04. The van der Waals surface area contributed by atoms with Gasteiger partial charge >= 0.3 is 0 Å². The molecular weight excluding hydrogens is 366 g/mol. The number of carbonyl (C=O) groups is 1. The lowest BCUT2D eigenvalue weighted by Crippen LogP contribution is -2.12. The van der Waals surface area contributed by atoms with Crippen molar-refractivity contribution >= 4 is 28.5 Å². The third-order valence-electron chi connectivity index (χ3n) is 4.54. The van der Waals surface area contributed by atoms with E-state index in [0.29, 0.717) is 23.9 Å². The van der Waals surface area contributed by atoms with E-state index in [2.05, 4.69) is 20.3 Å². The normalized spacial score (nSPS) is 11.0.